The minimum absolute atomic E-state index is 0.322. The van der Waals surface area contributed by atoms with Gasteiger partial charge in [-0.3, -0.25) is 0 Å². The van der Waals surface area contributed by atoms with Crippen molar-refractivity contribution in [1.29, 1.82) is 0 Å². The Bertz CT molecular complexity index is 831. The lowest BCUT2D eigenvalue weighted by Crippen LogP contribution is -2.36. The topological polar surface area (TPSA) is 18.0 Å². The molecule has 120 valence electrons. The number of imidazole rings is 1. The molecule has 3 heteroatoms. The molecule has 1 aromatic heterocycles. The summed E-state index contributed by atoms with van der Waals surface area (Å²) in [6.07, 6.45) is 0. The number of aromatic nitrogens is 2. The summed E-state index contributed by atoms with van der Waals surface area (Å²) in [7, 11) is 2.06. The molecule has 0 N–H and O–H groups in total. The maximum atomic E-state index is 6.40. The van der Waals surface area contributed by atoms with Crippen molar-refractivity contribution in [3.8, 4) is 11.8 Å². The standard InChI is InChI=1S/C20H25N2O/c1-14(2)16-10-6-9-13-19(16)23-20-21(5)17-11-7-8-12-18(17)22(20)15(3)4/h6-15H,1-5H3/q+1. The summed E-state index contributed by atoms with van der Waals surface area (Å²) >= 11 is 0. The number of aryl methyl sites for hydroxylation is 1. The lowest BCUT2D eigenvalue weighted by molar-refractivity contribution is -0.696. The average molecular weight is 309 g/mol. The highest BCUT2D eigenvalue weighted by atomic mass is 16.5. The van der Waals surface area contributed by atoms with E-state index in [2.05, 4.69) is 86.3 Å². The number of nitrogens with zero attached hydrogens (tertiary/aromatic N) is 2. The highest BCUT2D eigenvalue weighted by molar-refractivity contribution is 5.72. The molecule has 0 saturated heterocycles. The zero-order chi connectivity index (χ0) is 16.6. The molecule has 23 heavy (non-hydrogen) atoms. The maximum absolute atomic E-state index is 6.40. The number of benzene rings is 2. The monoisotopic (exact) mass is 309 g/mol. The molecule has 0 aliphatic carbocycles. The molecule has 1 heterocycles. The predicted octanol–water partition coefficient (Wildman–Crippen LogP) is 4.96. The van der Waals surface area contributed by atoms with Crippen LogP contribution in [-0.4, -0.2) is 4.57 Å². The van der Waals surface area contributed by atoms with E-state index < -0.39 is 0 Å². The first-order chi connectivity index (χ1) is 11.0. The van der Waals surface area contributed by atoms with Crippen molar-refractivity contribution in [3.05, 3.63) is 54.1 Å². The largest absolute Gasteiger partial charge is 0.462 e. The number of para-hydroxylation sites is 3. The average Bonchev–Trinajstić information content (AvgIpc) is 2.81. The molecule has 3 aromatic rings. The molecule has 0 atom stereocenters. The lowest BCUT2D eigenvalue weighted by Gasteiger charge is -2.13. The Kier molecular flexibility index (Phi) is 4.12. The molecule has 0 radical (unpaired) electrons. The number of hydrogen-bond donors (Lipinski definition) is 0. The second-order valence-electron chi connectivity index (χ2n) is 6.59. The van der Waals surface area contributed by atoms with E-state index in [9.17, 15) is 0 Å². The fourth-order valence-electron chi connectivity index (χ4n) is 3.08. The van der Waals surface area contributed by atoms with Crippen LogP contribution >= 0.6 is 0 Å². The fourth-order valence-corrected chi connectivity index (χ4v) is 3.08. The van der Waals surface area contributed by atoms with Gasteiger partial charge < -0.3 is 4.74 Å². The molecule has 0 aliphatic rings. The van der Waals surface area contributed by atoms with Gasteiger partial charge in [0, 0.05) is 0 Å². The van der Waals surface area contributed by atoms with Gasteiger partial charge in [0.1, 0.15) is 5.75 Å². The summed E-state index contributed by atoms with van der Waals surface area (Å²) in [5.74, 6) is 1.36. The molecule has 3 rings (SSSR count). The molecule has 0 fully saturated rings. The van der Waals surface area contributed by atoms with Crippen LogP contribution in [0.3, 0.4) is 0 Å². The molecular formula is C20H25N2O+. The Morgan fingerprint density at radius 1 is 0.913 bits per heavy atom. The number of ether oxygens (including phenoxy) is 1. The van der Waals surface area contributed by atoms with Crippen LogP contribution in [0.15, 0.2) is 48.5 Å². The molecule has 0 spiro atoms. The van der Waals surface area contributed by atoms with Gasteiger partial charge in [0.15, 0.2) is 11.0 Å². The minimum atomic E-state index is 0.322. The summed E-state index contributed by atoms with van der Waals surface area (Å²) in [5.41, 5.74) is 3.60. The molecule has 0 bridgehead atoms. The third-order valence-corrected chi connectivity index (χ3v) is 4.25. The smallest absolute Gasteiger partial charge is 0.391 e. The van der Waals surface area contributed by atoms with Crippen LogP contribution in [0, 0.1) is 0 Å². The SMILES string of the molecule is CC(C)c1ccccc1Oc1n(C)c2ccccc2[n+]1C(C)C. The highest BCUT2D eigenvalue weighted by Gasteiger charge is 2.27. The molecule has 0 aliphatic heterocycles. The van der Waals surface area contributed by atoms with E-state index in [1.165, 1.54) is 16.6 Å². The highest BCUT2D eigenvalue weighted by Crippen LogP contribution is 2.31. The van der Waals surface area contributed by atoms with Crippen LogP contribution in [0.1, 0.15) is 45.2 Å². The minimum Gasteiger partial charge on any atom is -0.391 e. The molecule has 2 aromatic carbocycles. The van der Waals surface area contributed by atoms with E-state index in [-0.39, 0.29) is 0 Å². The van der Waals surface area contributed by atoms with Gasteiger partial charge in [-0.15, -0.1) is 0 Å². The molecule has 3 nitrogen and oxygen atoms in total. The molecule has 0 unspecified atom stereocenters. The van der Waals surface area contributed by atoms with Gasteiger partial charge >= 0.3 is 6.01 Å². The number of rotatable bonds is 4. The molecule has 0 amide bonds. The van der Waals surface area contributed by atoms with Crippen molar-refractivity contribution in [2.75, 3.05) is 0 Å². The summed E-state index contributed by atoms with van der Waals surface area (Å²) < 4.78 is 10.8. The van der Waals surface area contributed by atoms with Gasteiger partial charge in [-0.2, -0.15) is 9.13 Å². The van der Waals surface area contributed by atoms with Gasteiger partial charge in [0.2, 0.25) is 0 Å². The van der Waals surface area contributed by atoms with Crippen LogP contribution in [0.4, 0.5) is 0 Å². The van der Waals surface area contributed by atoms with E-state index in [4.69, 9.17) is 4.74 Å². The Morgan fingerprint density at radius 2 is 1.57 bits per heavy atom. The lowest BCUT2D eigenvalue weighted by atomic mass is 10.0. The summed E-state index contributed by atoms with van der Waals surface area (Å²) in [5, 5.41) is 0. The third kappa shape index (κ3) is 2.72. The van der Waals surface area contributed by atoms with Gasteiger partial charge in [0.05, 0.1) is 13.1 Å². The quantitative estimate of drug-likeness (QED) is 0.623. The van der Waals surface area contributed by atoms with Crippen molar-refractivity contribution in [3.63, 3.8) is 0 Å². The van der Waals surface area contributed by atoms with Crippen molar-refractivity contribution in [2.24, 2.45) is 7.05 Å². The van der Waals surface area contributed by atoms with E-state index in [0.29, 0.717) is 12.0 Å². The van der Waals surface area contributed by atoms with Crippen LogP contribution in [0.5, 0.6) is 11.8 Å². The van der Waals surface area contributed by atoms with Crippen LogP contribution < -0.4 is 9.30 Å². The van der Waals surface area contributed by atoms with E-state index in [1.54, 1.807) is 0 Å². The van der Waals surface area contributed by atoms with Crippen molar-refractivity contribution in [2.45, 2.75) is 39.7 Å². The van der Waals surface area contributed by atoms with E-state index in [1.807, 2.05) is 6.07 Å². The van der Waals surface area contributed by atoms with Gasteiger partial charge in [0.25, 0.3) is 0 Å². The Balaban J connectivity index is 2.18. The molecule has 0 saturated carbocycles. The first kappa shape index (κ1) is 15.6. The summed E-state index contributed by atoms with van der Waals surface area (Å²) in [6, 6.07) is 17.9. The second kappa shape index (κ2) is 6.07. The van der Waals surface area contributed by atoms with Crippen LogP contribution in [-0.2, 0) is 7.05 Å². The van der Waals surface area contributed by atoms with Crippen LogP contribution in [0.2, 0.25) is 0 Å². The summed E-state index contributed by atoms with van der Waals surface area (Å²) in [4.78, 5) is 0. The second-order valence-corrected chi connectivity index (χ2v) is 6.59. The number of hydrogen-bond acceptors (Lipinski definition) is 1. The summed E-state index contributed by atoms with van der Waals surface area (Å²) in [6.45, 7) is 8.77. The Labute approximate surface area is 138 Å². The third-order valence-electron chi connectivity index (χ3n) is 4.25. The van der Waals surface area contributed by atoms with Crippen LogP contribution in [0.25, 0.3) is 11.0 Å². The molecular weight excluding hydrogens is 284 g/mol. The van der Waals surface area contributed by atoms with Crippen molar-refractivity contribution in [1.82, 2.24) is 4.57 Å². The maximum Gasteiger partial charge on any atom is 0.462 e. The van der Waals surface area contributed by atoms with Gasteiger partial charge in [-0.25, -0.2) is 0 Å². The van der Waals surface area contributed by atoms with Gasteiger partial charge in [-0.05, 0) is 43.5 Å². The normalized spacial score (nSPS) is 11.6. The Morgan fingerprint density at radius 3 is 2.26 bits per heavy atom. The zero-order valence-electron chi connectivity index (χ0n) is 14.6. The van der Waals surface area contributed by atoms with E-state index >= 15 is 0 Å². The van der Waals surface area contributed by atoms with Gasteiger partial charge in [-0.1, -0.05) is 44.2 Å². The fraction of sp³-hybridized carbons (Fsp3) is 0.350. The Hall–Kier alpha value is -2.29. The van der Waals surface area contributed by atoms with Crippen molar-refractivity contribution >= 4 is 11.0 Å². The van der Waals surface area contributed by atoms with Crippen molar-refractivity contribution < 1.29 is 9.30 Å². The number of fused-ring (bicyclic) bond motifs is 1. The predicted molar refractivity (Wildman–Crippen MR) is 94.1 cm³/mol. The first-order valence-corrected chi connectivity index (χ1v) is 8.26. The first-order valence-electron chi connectivity index (χ1n) is 8.26. The zero-order valence-corrected chi connectivity index (χ0v) is 14.6. The van der Waals surface area contributed by atoms with E-state index in [0.717, 1.165) is 11.8 Å².